The van der Waals surface area contributed by atoms with Crippen LogP contribution in [0.4, 0.5) is 5.69 Å². The van der Waals surface area contributed by atoms with E-state index in [-0.39, 0.29) is 0 Å². The van der Waals surface area contributed by atoms with Crippen molar-refractivity contribution in [1.29, 1.82) is 0 Å². The molecule has 0 aliphatic carbocycles. The van der Waals surface area contributed by atoms with Crippen LogP contribution in [0.2, 0.25) is 0 Å². The average Bonchev–Trinajstić information content (AvgIpc) is 2.82. The van der Waals surface area contributed by atoms with E-state index in [4.69, 9.17) is 4.42 Å². The summed E-state index contributed by atoms with van der Waals surface area (Å²) >= 11 is 0. The van der Waals surface area contributed by atoms with Crippen LogP contribution in [0.3, 0.4) is 0 Å². The summed E-state index contributed by atoms with van der Waals surface area (Å²) in [5.41, 5.74) is 2.03. The summed E-state index contributed by atoms with van der Waals surface area (Å²) in [5.74, 6) is 0.937. The Bertz CT molecular complexity index is 446. The number of hydrogen-bond acceptors (Lipinski definition) is 3. The summed E-state index contributed by atoms with van der Waals surface area (Å²) in [7, 11) is 2.01. The van der Waals surface area contributed by atoms with Gasteiger partial charge in [0.15, 0.2) is 0 Å². The first kappa shape index (κ1) is 11.7. The van der Waals surface area contributed by atoms with Crippen molar-refractivity contribution in [2.45, 2.75) is 19.6 Å². The number of hydrogen-bond donors (Lipinski definition) is 1. The molecule has 0 radical (unpaired) electrons. The number of aliphatic hydroxyl groups excluding tert-OH is 1. The Kier molecular flexibility index (Phi) is 3.49. The average molecular weight is 231 g/mol. The number of nitrogens with zero attached hydrogens (tertiary/aromatic N) is 1. The smallest absolute Gasteiger partial charge is 0.123 e. The van der Waals surface area contributed by atoms with Crippen molar-refractivity contribution >= 4 is 5.69 Å². The molecule has 3 heteroatoms. The summed E-state index contributed by atoms with van der Waals surface area (Å²) < 4.78 is 5.31. The minimum atomic E-state index is -0.417. The molecule has 2 rings (SSSR count). The van der Waals surface area contributed by atoms with Crippen LogP contribution in [0.25, 0.3) is 0 Å². The lowest BCUT2D eigenvalue weighted by Gasteiger charge is -2.18. The van der Waals surface area contributed by atoms with Crippen molar-refractivity contribution in [3.05, 3.63) is 54.0 Å². The number of anilines is 1. The zero-order valence-electron chi connectivity index (χ0n) is 10.1. The lowest BCUT2D eigenvalue weighted by molar-refractivity contribution is 0.199. The summed E-state index contributed by atoms with van der Waals surface area (Å²) in [4.78, 5) is 2.10. The van der Waals surface area contributed by atoms with Gasteiger partial charge in [-0.05, 0) is 36.8 Å². The molecule has 0 unspecified atom stereocenters. The van der Waals surface area contributed by atoms with Crippen LogP contribution in [0.5, 0.6) is 0 Å². The Hall–Kier alpha value is -1.74. The highest BCUT2D eigenvalue weighted by Gasteiger charge is 2.05. The summed E-state index contributed by atoms with van der Waals surface area (Å²) in [6.07, 6.45) is 1.26. The van der Waals surface area contributed by atoms with Crippen LogP contribution in [0.15, 0.2) is 47.1 Å². The van der Waals surface area contributed by atoms with Crippen LogP contribution in [0.1, 0.15) is 24.4 Å². The van der Waals surface area contributed by atoms with Crippen molar-refractivity contribution < 1.29 is 9.52 Å². The Labute approximate surface area is 101 Å². The van der Waals surface area contributed by atoms with Gasteiger partial charge < -0.3 is 14.4 Å². The zero-order valence-corrected chi connectivity index (χ0v) is 10.1. The van der Waals surface area contributed by atoms with Gasteiger partial charge in [0.2, 0.25) is 0 Å². The molecule has 0 spiro atoms. The fourth-order valence-corrected chi connectivity index (χ4v) is 1.73. The van der Waals surface area contributed by atoms with Crippen LogP contribution in [-0.4, -0.2) is 12.2 Å². The van der Waals surface area contributed by atoms with Crippen molar-refractivity contribution in [3.63, 3.8) is 0 Å². The topological polar surface area (TPSA) is 36.6 Å². The molecule has 0 fully saturated rings. The van der Waals surface area contributed by atoms with E-state index in [1.807, 2.05) is 43.4 Å². The standard InChI is InChI=1S/C14H17NO2/c1-11(16)12-5-7-13(8-6-12)15(2)10-14-4-3-9-17-14/h3-9,11,16H,10H2,1-2H3/t11-/m0/s1. The summed E-state index contributed by atoms with van der Waals surface area (Å²) in [6, 6.07) is 11.7. The van der Waals surface area contributed by atoms with Crippen LogP contribution in [0, 0.1) is 0 Å². The molecule has 90 valence electrons. The molecule has 1 heterocycles. The van der Waals surface area contributed by atoms with Gasteiger partial charge in [0, 0.05) is 12.7 Å². The van der Waals surface area contributed by atoms with E-state index in [2.05, 4.69) is 4.90 Å². The summed E-state index contributed by atoms with van der Waals surface area (Å²) in [5, 5.41) is 9.43. The first-order chi connectivity index (χ1) is 8.16. The third kappa shape index (κ3) is 2.88. The summed E-state index contributed by atoms with van der Waals surface area (Å²) in [6.45, 7) is 2.50. The molecule has 1 aromatic carbocycles. The Balaban J connectivity index is 2.06. The van der Waals surface area contributed by atoms with Crippen LogP contribution >= 0.6 is 0 Å². The maximum Gasteiger partial charge on any atom is 0.123 e. The fraction of sp³-hybridized carbons (Fsp3) is 0.286. The van der Waals surface area contributed by atoms with E-state index < -0.39 is 6.10 Å². The van der Waals surface area contributed by atoms with Gasteiger partial charge in [-0.15, -0.1) is 0 Å². The molecule has 2 aromatic rings. The predicted molar refractivity (Wildman–Crippen MR) is 67.9 cm³/mol. The monoisotopic (exact) mass is 231 g/mol. The minimum Gasteiger partial charge on any atom is -0.467 e. The molecule has 0 aliphatic rings. The molecule has 1 atom stereocenters. The fourth-order valence-electron chi connectivity index (χ4n) is 1.73. The molecule has 0 aliphatic heterocycles. The molecule has 0 saturated heterocycles. The van der Waals surface area contributed by atoms with Crippen molar-refractivity contribution in [2.75, 3.05) is 11.9 Å². The van der Waals surface area contributed by atoms with E-state index in [1.165, 1.54) is 0 Å². The lowest BCUT2D eigenvalue weighted by Crippen LogP contribution is -2.15. The van der Waals surface area contributed by atoms with Gasteiger partial charge in [-0.3, -0.25) is 0 Å². The van der Waals surface area contributed by atoms with Gasteiger partial charge in [0.25, 0.3) is 0 Å². The minimum absolute atomic E-state index is 0.417. The van der Waals surface area contributed by atoms with Crippen molar-refractivity contribution in [2.24, 2.45) is 0 Å². The molecule has 0 saturated carbocycles. The maximum absolute atomic E-state index is 9.43. The molecule has 1 aromatic heterocycles. The molecule has 0 bridgehead atoms. The number of rotatable bonds is 4. The SMILES string of the molecule is C[C@H](O)c1ccc(N(C)Cc2ccco2)cc1. The Morgan fingerprint density at radius 3 is 2.47 bits per heavy atom. The van der Waals surface area contributed by atoms with E-state index in [1.54, 1.807) is 13.2 Å². The van der Waals surface area contributed by atoms with Crippen molar-refractivity contribution in [1.82, 2.24) is 0 Å². The largest absolute Gasteiger partial charge is 0.467 e. The maximum atomic E-state index is 9.43. The first-order valence-corrected chi connectivity index (χ1v) is 5.68. The van der Waals surface area contributed by atoms with E-state index in [9.17, 15) is 5.11 Å². The molecular formula is C14H17NO2. The third-order valence-corrected chi connectivity index (χ3v) is 2.79. The third-order valence-electron chi connectivity index (χ3n) is 2.79. The van der Waals surface area contributed by atoms with Crippen LogP contribution < -0.4 is 4.90 Å². The highest BCUT2D eigenvalue weighted by molar-refractivity contribution is 5.47. The highest BCUT2D eigenvalue weighted by atomic mass is 16.3. The quantitative estimate of drug-likeness (QED) is 0.878. The number of benzene rings is 1. The predicted octanol–water partition coefficient (Wildman–Crippen LogP) is 2.97. The zero-order chi connectivity index (χ0) is 12.3. The van der Waals surface area contributed by atoms with Crippen LogP contribution in [-0.2, 0) is 6.54 Å². The Morgan fingerprint density at radius 1 is 1.24 bits per heavy atom. The second-order valence-electron chi connectivity index (χ2n) is 4.20. The van der Waals surface area contributed by atoms with Gasteiger partial charge in [-0.2, -0.15) is 0 Å². The molecule has 17 heavy (non-hydrogen) atoms. The van der Waals surface area contributed by atoms with Gasteiger partial charge in [0.1, 0.15) is 5.76 Å². The molecule has 1 N–H and O–H groups in total. The van der Waals surface area contributed by atoms with Gasteiger partial charge in [-0.25, -0.2) is 0 Å². The normalized spacial score (nSPS) is 12.4. The molecule has 3 nitrogen and oxygen atoms in total. The second-order valence-corrected chi connectivity index (χ2v) is 4.20. The molecular weight excluding hydrogens is 214 g/mol. The van der Waals surface area contributed by atoms with Gasteiger partial charge in [-0.1, -0.05) is 12.1 Å². The van der Waals surface area contributed by atoms with E-state index in [0.29, 0.717) is 0 Å². The highest BCUT2D eigenvalue weighted by Crippen LogP contribution is 2.19. The van der Waals surface area contributed by atoms with Gasteiger partial charge >= 0.3 is 0 Å². The first-order valence-electron chi connectivity index (χ1n) is 5.68. The van der Waals surface area contributed by atoms with Crippen molar-refractivity contribution in [3.8, 4) is 0 Å². The number of aliphatic hydroxyl groups is 1. The number of furan rings is 1. The van der Waals surface area contributed by atoms with Gasteiger partial charge in [0.05, 0.1) is 18.9 Å². The Morgan fingerprint density at radius 2 is 1.94 bits per heavy atom. The van der Waals surface area contributed by atoms with E-state index >= 15 is 0 Å². The second kappa shape index (κ2) is 5.06. The molecule has 0 amide bonds. The lowest BCUT2D eigenvalue weighted by atomic mass is 10.1. The van der Waals surface area contributed by atoms with E-state index in [0.717, 1.165) is 23.6 Å².